The minimum absolute atomic E-state index is 0.0161. The van der Waals surface area contributed by atoms with E-state index in [0.717, 1.165) is 27.8 Å². The van der Waals surface area contributed by atoms with Crippen LogP contribution in [0.25, 0.3) is 6.08 Å². The highest BCUT2D eigenvalue weighted by Gasteiger charge is 2.31. The van der Waals surface area contributed by atoms with E-state index in [1.807, 2.05) is 74.5 Å². The molecule has 4 aromatic rings. The number of aryl methyl sites for hydroxylation is 2. The Kier molecular flexibility index (Phi) is 7.65. The van der Waals surface area contributed by atoms with E-state index in [-0.39, 0.29) is 5.88 Å². The van der Waals surface area contributed by atoms with Crippen LogP contribution in [0.15, 0.2) is 109 Å². The molecule has 40 heavy (non-hydrogen) atoms. The van der Waals surface area contributed by atoms with Crippen molar-refractivity contribution in [1.82, 2.24) is 0 Å². The Balaban J connectivity index is 1.32. The maximum atomic E-state index is 12.4. The van der Waals surface area contributed by atoms with E-state index in [2.05, 4.69) is 18.2 Å². The molecule has 6 heteroatoms. The van der Waals surface area contributed by atoms with Crippen molar-refractivity contribution in [3.8, 4) is 23.3 Å². The molecule has 0 fully saturated rings. The summed E-state index contributed by atoms with van der Waals surface area (Å²) in [6.07, 6.45) is 3.07. The number of benzene rings is 4. The fraction of sp³-hybridized carbons (Fsp3) is 0.118. The largest absolute Gasteiger partial charge is 0.489 e. The van der Waals surface area contributed by atoms with Gasteiger partial charge in [-0.25, -0.2) is 4.79 Å². The van der Waals surface area contributed by atoms with E-state index in [9.17, 15) is 10.1 Å². The van der Waals surface area contributed by atoms with Gasteiger partial charge in [-0.3, -0.25) is 0 Å². The van der Waals surface area contributed by atoms with E-state index in [1.165, 1.54) is 11.6 Å². The molecule has 6 nitrogen and oxygen atoms in total. The standard InChI is InChI=1S/C34H28N2O4/c1-22-3-7-24(8-4-22)11-18-32(37)39-28-16-17-29-31(19-28)40-34(36)30(20-35)33(29)26-12-14-27(15-13-26)38-21-25-9-5-23(2)6-10-25/h3-19,33H,21,36H2,1-2H3/b18-11+. The first kappa shape index (κ1) is 26.3. The molecule has 1 aliphatic heterocycles. The molecule has 5 rings (SSSR count). The number of carbonyl (C=O) groups is 1. The van der Waals surface area contributed by atoms with Crippen LogP contribution in [0, 0.1) is 25.2 Å². The number of hydrogen-bond acceptors (Lipinski definition) is 6. The fourth-order valence-electron chi connectivity index (χ4n) is 4.44. The highest BCUT2D eigenvalue weighted by Crippen LogP contribution is 2.43. The third kappa shape index (κ3) is 6.06. The minimum atomic E-state index is -0.518. The summed E-state index contributed by atoms with van der Waals surface area (Å²) in [5, 5.41) is 9.88. The second-order valence-electron chi connectivity index (χ2n) is 9.63. The number of ether oxygens (including phenoxy) is 3. The molecule has 0 radical (unpaired) electrons. The van der Waals surface area contributed by atoms with Crippen LogP contribution in [0.5, 0.6) is 17.2 Å². The summed E-state index contributed by atoms with van der Waals surface area (Å²) in [4.78, 5) is 12.4. The van der Waals surface area contributed by atoms with Crippen LogP contribution in [0.1, 0.15) is 39.3 Å². The molecule has 0 amide bonds. The lowest BCUT2D eigenvalue weighted by Crippen LogP contribution is -2.21. The zero-order chi connectivity index (χ0) is 28.1. The summed E-state index contributed by atoms with van der Waals surface area (Å²) in [6.45, 7) is 4.51. The van der Waals surface area contributed by atoms with Gasteiger partial charge in [0.1, 0.15) is 35.5 Å². The van der Waals surface area contributed by atoms with Crippen molar-refractivity contribution in [2.24, 2.45) is 5.73 Å². The molecule has 1 heterocycles. The summed E-state index contributed by atoms with van der Waals surface area (Å²) in [5.41, 5.74) is 12.4. The maximum absolute atomic E-state index is 12.4. The highest BCUT2D eigenvalue weighted by molar-refractivity contribution is 5.88. The smallest absolute Gasteiger partial charge is 0.336 e. The number of hydrogen-bond donors (Lipinski definition) is 1. The van der Waals surface area contributed by atoms with Gasteiger partial charge < -0.3 is 19.9 Å². The Hall–Kier alpha value is -5.28. The molecular weight excluding hydrogens is 500 g/mol. The molecule has 1 unspecified atom stereocenters. The van der Waals surface area contributed by atoms with Gasteiger partial charge in [-0.15, -0.1) is 0 Å². The Morgan fingerprint density at radius 2 is 1.57 bits per heavy atom. The SMILES string of the molecule is Cc1ccc(/C=C/C(=O)Oc2ccc3c(c2)OC(N)=C(C#N)C3c2ccc(OCc3ccc(C)cc3)cc2)cc1. The van der Waals surface area contributed by atoms with Gasteiger partial charge in [-0.2, -0.15) is 5.26 Å². The Labute approximate surface area is 233 Å². The van der Waals surface area contributed by atoms with Gasteiger partial charge in [-0.05, 0) is 54.8 Å². The molecule has 4 aromatic carbocycles. The Morgan fingerprint density at radius 3 is 2.25 bits per heavy atom. The molecule has 0 aliphatic carbocycles. The van der Waals surface area contributed by atoms with Crippen molar-refractivity contribution in [2.75, 3.05) is 0 Å². The number of nitrogens with two attached hydrogens (primary N) is 1. The van der Waals surface area contributed by atoms with Crippen molar-refractivity contribution in [2.45, 2.75) is 26.4 Å². The maximum Gasteiger partial charge on any atom is 0.336 e. The third-order valence-corrected chi connectivity index (χ3v) is 6.64. The van der Waals surface area contributed by atoms with Crippen LogP contribution in [0.4, 0.5) is 0 Å². The minimum Gasteiger partial charge on any atom is -0.489 e. The normalized spacial score (nSPS) is 14.3. The van der Waals surface area contributed by atoms with Crippen molar-refractivity contribution >= 4 is 12.0 Å². The lowest BCUT2D eigenvalue weighted by Gasteiger charge is -2.26. The number of allylic oxidation sites excluding steroid dienone is 1. The van der Waals surface area contributed by atoms with Crippen LogP contribution >= 0.6 is 0 Å². The molecule has 2 N–H and O–H groups in total. The van der Waals surface area contributed by atoms with Crippen LogP contribution in [0.3, 0.4) is 0 Å². The van der Waals surface area contributed by atoms with Crippen molar-refractivity contribution in [3.05, 3.63) is 142 Å². The summed E-state index contributed by atoms with van der Waals surface area (Å²) >= 11 is 0. The molecule has 0 bridgehead atoms. The highest BCUT2D eigenvalue weighted by atomic mass is 16.5. The summed E-state index contributed by atoms with van der Waals surface area (Å²) in [7, 11) is 0. The van der Waals surface area contributed by atoms with Crippen LogP contribution in [-0.4, -0.2) is 5.97 Å². The average molecular weight is 529 g/mol. The zero-order valence-electron chi connectivity index (χ0n) is 22.3. The van der Waals surface area contributed by atoms with Gasteiger partial charge in [0.15, 0.2) is 0 Å². The van der Waals surface area contributed by atoms with E-state index >= 15 is 0 Å². The topological polar surface area (TPSA) is 94.6 Å². The number of rotatable bonds is 7. The lowest BCUT2D eigenvalue weighted by atomic mass is 9.83. The van der Waals surface area contributed by atoms with Gasteiger partial charge in [-0.1, -0.05) is 77.9 Å². The van der Waals surface area contributed by atoms with Gasteiger partial charge >= 0.3 is 5.97 Å². The predicted molar refractivity (Wildman–Crippen MR) is 154 cm³/mol. The third-order valence-electron chi connectivity index (χ3n) is 6.64. The number of nitriles is 1. The monoisotopic (exact) mass is 528 g/mol. The molecule has 1 aliphatic rings. The molecule has 0 aromatic heterocycles. The second-order valence-corrected chi connectivity index (χ2v) is 9.63. The fourth-order valence-corrected chi connectivity index (χ4v) is 4.44. The first-order valence-corrected chi connectivity index (χ1v) is 12.9. The number of carbonyl (C=O) groups excluding carboxylic acids is 1. The molecule has 0 spiro atoms. The zero-order valence-corrected chi connectivity index (χ0v) is 22.3. The lowest BCUT2D eigenvalue weighted by molar-refractivity contribution is -0.128. The quantitative estimate of drug-likeness (QED) is 0.163. The molecule has 0 saturated carbocycles. The summed E-state index contributed by atoms with van der Waals surface area (Å²) < 4.78 is 17.2. The van der Waals surface area contributed by atoms with Crippen molar-refractivity contribution < 1.29 is 19.0 Å². The van der Waals surface area contributed by atoms with Gasteiger partial charge in [0.05, 0.1) is 5.92 Å². The average Bonchev–Trinajstić information content (AvgIpc) is 2.96. The first-order chi connectivity index (χ1) is 19.4. The van der Waals surface area contributed by atoms with E-state index in [0.29, 0.717) is 29.4 Å². The second kappa shape index (κ2) is 11.6. The molecule has 198 valence electrons. The Bertz CT molecular complexity index is 1630. The van der Waals surface area contributed by atoms with Crippen LogP contribution < -0.4 is 19.9 Å². The van der Waals surface area contributed by atoms with Gasteiger partial charge in [0, 0.05) is 17.7 Å². The van der Waals surface area contributed by atoms with Crippen molar-refractivity contribution in [3.63, 3.8) is 0 Å². The van der Waals surface area contributed by atoms with E-state index in [1.54, 1.807) is 24.3 Å². The number of esters is 1. The molecule has 0 saturated heterocycles. The number of fused-ring (bicyclic) bond motifs is 1. The predicted octanol–water partition coefficient (Wildman–Crippen LogP) is 6.72. The van der Waals surface area contributed by atoms with E-state index < -0.39 is 11.9 Å². The molecular formula is C34H28N2O4. The first-order valence-electron chi connectivity index (χ1n) is 12.9. The van der Waals surface area contributed by atoms with Gasteiger partial charge in [0.2, 0.25) is 5.88 Å². The van der Waals surface area contributed by atoms with Crippen LogP contribution in [-0.2, 0) is 11.4 Å². The van der Waals surface area contributed by atoms with Gasteiger partial charge in [0.25, 0.3) is 0 Å². The summed E-state index contributed by atoms with van der Waals surface area (Å²) in [6, 6.07) is 30.9. The van der Waals surface area contributed by atoms with E-state index in [4.69, 9.17) is 19.9 Å². The Morgan fingerprint density at radius 1 is 0.925 bits per heavy atom. The van der Waals surface area contributed by atoms with Crippen molar-refractivity contribution in [1.29, 1.82) is 5.26 Å². The number of nitrogens with zero attached hydrogens (tertiary/aromatic N) is 1. The molecule has 1 atom stereocenters. The summed E-state index contributed by atoms with van der Waals surface area (Å²) in [5.74, 6) is 0.509. The van der Waals surface area contributed by atoms with Crippen LogP contribution in [0.2, 0.25) is 0 Å².